The molecule has 2 aliphatic heterocycles. The highest BCUT2D eigenvalue weighted by Crippen LogP contribution is 2.44. The predicted molar refractivity (Wildman–Crippen MR) is 65.9 cm³/mol. The number of anilines is 1. The lowest BCUT2D eigenvalue weighted by Gasteiger charge is -2.39. The zero-order valence-electron chi connectivity index (χ0n) is 10.4. The Morgan fingerprint density at radius 1 is 1.33 bits per heavy atom. The second kappa shape index (κ2) is 3.83. The molecule has 0 spiro atoms. The molecule has 1 fully saturated rings. The van der Waals surface area contributed by atoms with Crippen LogP contribution in [0.15, 0.2) is 18.2 Å². The number of benzene rings is 1. The number of carbonyl (C=O) groups excluding carboxylic acids is 2. The SMILES string of the molecule is Cc1ccc2c(c1)C1OC(=O)CC(C)C1C(=O)N2. The number of nitrogens with one attached hydrogen (secondary N) is 1. The Bertz CT molecular complexity index is 538. The van der Waals surface area contributed by atoms with Crippen molar-refractivity contribution in [2.45, 2.75) is 26.4 Å². The van der Waals surface area contributed by atoms with Crippen molar-refractivity contribution in [3.63, 3.8) is 0 Å². The summed E-state index contributed by atoms with van der Waals surface area (Å²) in [6.45, 7) is 3.91. The average molecular weight is 245 g/mol. The van der Waals surface area contributed by atoms with E-state index in [0.717, 1.165) is 16.8 Å². The average Bonchev–Trinajstić information content (AvgIpc) is 2.29. The van der Waals surface area contributed by atoms with Crippen molar-refractivity contribution in [2.75, 3.05) is 5.32 Å². The second-order valence-corrected chi connectivity index (χ2v) is 5.20. The van der Waals surface area contributed by atoms with Gasteiger partial charge < -0.3 is 10.1 Å². The summed E-state index contributed by atoms with van der Waals surface area (Å²) in [4.78, 5) is 23.7. The molecule has 94 valence electrons. The lowest BCUT2D eigenvalue weighted by atomic mass is 9.78. The molecule has 0 aromatic heterocycles. The summed E-state index contributed by atoms with van der Waals surface area (Å²) < 4.78 is 5.41. The summed E-state index contributed by atoms with van der Waals surface area (Å²) in [7, 11) is 0. The maximum atomic E-state index is 12.1. The molecule has 0 radical (unpaired) electrons. The number of rotatable bonds is 0. The Hall–Kier alpha value is -1.84. The number of ether oxygens (including phenoxy) is 1. The molecule has 1 aromatic carbocycles. The van der Waals surface area contributed by atoms with Crippen LogP contribution < -0.4 is 5.32 Å². The number of fused-ring (bicyclic) bond motifs is 3. The Kier molecular flexibility index (Phi) is 2.40. The first-order valence-electron chi connectivity index (χ1n) is 6.17. The lowest BCUT2D eigenvalue weighted by molar-refractivity contribution is -0.165. The van der Waals surface area contributed by atoms with Crippen LogP contribution in [0.4, 0.5) is 5.69 Å². The molecule has 0 saturated carbocycles. The Labute approximate surface area is 105 Å². The summed E-state index contributed by atoms with van der Waals surface area (Å²) in [5, 5.41) is 2.90. The number of hydrogen-bond acceptors (Lipinski definition) is 3. The zero-order valence-corrected chi connectivity index (χ0v) is 10.4. The quantitative estimate of drug-likeness (QED) is 0.713. The van der Waals surface area contributed by atoms with Gasteiger partial charge in [-0.25, -0.2) is 0 Å². The number of carbonyl (C=O) groups is 2. The lowest BCUT2D eigenvalue weighted by Crippen LogP contribution is -2.43. The second-order valence-electron chi connectivity index (χ2n) is 5.20. The minimum absolute atomic E-state index is 0.0184. The Morgan fingerprint density at radius 3 is 2.89 bits per heavy atom. The molecule has 1 saturated heterocycles. The molecule has 1 amide bonds. The molecule has 1 aromatic rings. The summed E-state index contributed by atoms with van der Waals surface area (Å²) in [6, 6.07) is 5.79. The van der Waals surface area contributed by atoms with Crippen molar-refractivity contribution in [1.29, 1.82) is 0 Å². The summed E-state index contributed by atoms with van der Waals surface area (Å²) in [5.41, 5.74) is 2.77. The van der Waals surface area contributed by atoms with Gasteiger partial charge in [0.25, 0.3) is 0 Å². The molecule has 3 atom stereocenters. The molecule has 1 N–H and O–H groups in total. The molecular weight excluding hydrogens is 230 g/mol. The van der Waals surface area contributed by atoms with E-state index >= 15 is 0 Å². The van der Waals surface area contributed by atoms with Gasteiger partial charge in [0.15, 0.2) is 0 Å². The van der Waals surface area contributed by atoms with E-state index in [4.69, 9.17) is 4.74 Å². The Balaban J connectivity index is 2.10. The van der Waals surface area contributed by atoms with Crippen molar-refractivity contribution in [1.82, 2.24) is 0 Å². The van der Waals surface area contributed by atoms with Gasteiger partial charge in [-0.3, -0.25) is 9.59 Å². The Morgan fingerprint density at radius 2 is 2.11 bits per heavy atom. The maximum Gasteiger partial charge on any atom is 0.306 e. The van der Waals surface area contributed by atoms with E-state index in [2.05, 4.69) is 5.32 Å². The first-order chi connectivity index (χ1) is 8.56. The van der Waals surface area contributed by atoms with Gasteiger partial charge in [0.05, 0.1) is 5.92 Å². The molecule has 3 rings (SSSR count). The molecular formula is C14H15NO3. The molecule has 18 heavy (non-hydrogen) atoms. The van der Waals surface area contributed by atoms with Crippen LogP contribution in [0.3, 0.4) is 0 Å². The van der Waals surface area contributed by atoms with Gasteiger partial charge in [-0.15, -0.1) is 0 Å². The first-order valence-corrected chi connectivity index (χ1v) is 6.17. The third-order valence-electron chi connectivity index (χ3n) is 3.76. The molecule has 0 bridgehead atoms. The van der Waals surface area contributed by atoms with Crippen molar-refractivity contribution in [3.05, 3.63) is 29.3 Å². The van der Waals surface area contributed by atoms with Crippen LogP contribution in [-0.4, -0.2) is 11.9 Å². The highest BCUT2D eigenvalue weighted by Gasteiger charge is 2.45. The van der Waals surface area contributed by atoms with Gasteiger partial charge in [-0.2, -0.15) is 0 Å². The van der Waals surface area contributed by atoms with E-state index < -0.39 is 6.10 Å². The molecule has 2 heterocycles. The third kappa shape index (κ3) is 1.60. The molecule has 2 aliphatic rings. The van der Waals surface area contributed by atoms with E-state index in [1.54, 1.807) is 0 Å². The van der Waals surface area contributed by atoms with E-state index in [1.165, 1.54) is 0 Å². The van der Waals surface area contributed by atoms with Gasteiger partial charge in [-0.05, 0) is 18.9 Å². The highest BCUT2D eigenvalue weighted by atomic mass is 16.5. The smallest absolute Gasteiger partial charge is 0.306 e. The topological polar surface area (TPSA) is 55.4 Å². The van der Waals surface area contributed by atoms with Crippen molar-refractivity contribution in [3.8, 4) is 0 Å². The zero-order chi connectivity index (χ0) is 12.9. The van der Waals surface area contributed by atoms with Gasteiger partial charge in [0.2, 0.25) is 5.91 Å². The number of hydrogen-bond donors (Lipinski definition) is 1. The molecule has 3 unspecified atom stereocenters. The van der Waals surface area contributed by atoms with Gasteiger partial charge in [-0.1, -0.05) is 24.6 Å². The third-order valence-corrected chi connectivity index (χ3v) is 3.76. The van der Waals surface area contributed by atoms with Gasteiger partial charge >= 0.3 is 5.97 Å². The minimum atomic E-state index is -0.426. The fourth-order valence-corrected chi connectivity index (χ4v) is 2.85. The maximum absolute atomic E-state index is 12.1. The highest BCUT2D eigenvalue weighted by molar-refractivity contribution is 5.97. The number of esters is 1. The van der Waals surface area contributed by atoms with Crippen molar-refractivity contribution < 1.29 is 14.3 Å². The van der Waals surface area contributed by atoms with Crippen LogP contribution >= 0.6 is 0 Å². The number of aryl methyl sites for hydroxylation is 1. The summed E-state index contributed by atoms with van der Waals surface area (Å²) in [6.07, 6.45) is -0.111. The van der Waals surface area contributed by atoms with Crippen molar-refractivity contribution in [2.24, 2.45) is 11.8 Å². The van der Waals surface area contributed by atoms with Gasteiger partial charge in [0, 0.05) is 17.7 Å². The van der Waals surface area contributed by atoms with Crippen LogP contribution in [0.25, 0.3) is 0 Å². The normalized spacial score (nSPS) is 30.0. The van der Waals surface area contributed by atoms with Crippen LogP contribution in [0.2, 0.25) is 0 Å². The van der Waals surface area contributed by atoms with Crippen molar-refractivity contribution >= 4 is 17.6 Å². The summed E-state index contributed by atoms with van der Waals surface area (Å²) in [5.74, 6) is -0.510. The molecule has 4 heteroatoms. The van der Waals surface area contributed by atoms with Gasteiger partial charge in [0.1, 0.15) is 6.10 Å². The summed E-state index contributed by atoms with van der Waals surface area (Å²) >= 11 is 0. The largest absolute Gasteiger partial charge is 0.457 e. The predicted octanol–water partition coefficient (Wildman–Crippen LogP) is 2.19. The van der Waals surface area contributed by atoms with E-state index in [-0.39, 0.29) is 23.7 Å². The first kappa shape index (κ1) is 11.3. The molecule has 4 nitrogen and oxygen atoms in total. The number of amides is 1. The van der Waals surface area contributed by atoms with Crippen LogP contribution in [0.5, 0.6) is 0 Å². The standard InChI is InChI=1S/C14H15NO3/c1-7-3-4-10-9(5-7)13-12(14(17)15-10)8(2)6-11(16)18-13/h3-5,8,12-13H,6H2,1-2H3,(H,15,17). The monoisotopic (exact) mass is 245 g/mol. The van der Waals surface area contributed by atoms with E-state index in [1.807, 2.05) is 32.0 Å². The van der Waals surface area contributed by atoms with E-state index in [0.29, 0.717) is 6.42 Å². The fourth-order valence-electron chi connectivity index (χ4n) is 2.85. The van der Waals surface area contributed by atoms with Crippen LogP contribution in [0, 0.1) is 18.8 Å². The van der Waals surface area contributed by atoms with Crippen LogP contribution in [-0.2, 0) is 14.3 Å². The van der Waals surface area contributed by atoms with E-state index in [9.17, 15) is 9.59 Å². The molecule has 0 aliphatic carbocycles. The van der Waals surface area contributed by atoms with Crippen LogP contribution in [0.1, 0.15) is 30.6 Å². The minimum Gasteiger partial charge on any atom is -0.457 e. The fraction of sp³-hybridized carbons (Fsp3) is 0.429.